The fourth-order valence-corrected chi connectivity index (χ4v) is 4.92. The summed E-state index contributed by atoms with van der Waals surface area (Å²) in [6.45, 7) is 1.84. The van der Waals surface area contributed by atoms with Gasteiger partial charge in [-0.25, -0.2) is 9.07 Å². The lowest BCUT2D eigenvalue weighted by atomic mass is 9.94. The zero-order valence-corrected chi connectivity index (χ0v) is 18.9. The van der Waals surface area contributed by atoms with Crippen LogP contribution in [0.4, 0.5) is 4.39 Å². The number of aryl methyl sites for hydroxylation is 1. The van der Waals surface area contributed by atoms with Crippen LogP contribution in [0.25, 0.3) is 17.0 Å². The first-order chi connectivity index (χ1) is 16.5. The maximum atomic E-state index is 13.8. The number of hydrogen-bond donors (Lipinski definition) is 0. The lowest BCUT2D eigenvalue weighted by Gasteiger charge is -2.29. The molecule has 0 radical (unpaired) electrons. The van der Waals surface area contributed by atoms with Crippen molar-refractivity contribution < 1.29 is 23.7 Å². The molecule has 34 heavy (non-hydrogen) atoms. The molecule has 3 aromatic rings. The van der Waals surface area contributed by atoms with Crippen LogP contribution in [-0.4, -0.2) is 32.5 Å². The Morgan fingerprint density at radius 3 is 2.35 bits per heavy atom. The van der Waals surface area contributed by atoms with Crippen LogP contribution in [-0.2, 0) is 16.0 Å². The number of aromatic nitrogens is 3. The molecule has 2 amide bonds. The van der Waals surface area contributed by atoms with Crippen molar-refractivity contribution >= 4 is 23.1 Å². The van der Waals surface area contributed by atoms with E-state index in [9.17, 15) is 19.1 Å². The first kappa shape index (κ1) is 22.0. The van der Waals surface area contributed by atoms with Crippen LogP contribution >= 0.6 is 0 Å². The van der Waals surface area contributed by atoms with Crippen LogP contribution in [0.3, 0.4) is 0 Å². The number of halogens is 1. The summed E-state index contributed by atoms with van der Waals surface area (Å²) in [4.78, 5) is 28.8. The average molecular weight is 461 g/mol. The van der Waals surface area contributed by atoms with Gasteiger partial charge >= 0.3 is 5.91 Å². The summed E-state index contributed by atoms with van der Waals surface area (Å²) in [5, 5.41) is 18.1. The molecule has 0 atom stereocenters. The van der Waals surface area contributed by atoms with Crippen LogP contribution in [0.5, 0.6) is 5.88 Å². The smallest absolute Gasteiger partial charge is 0.327 e. The second-order valence-corrected chi connectivity index (χ2v) is 8.65. The second-order valence-electron chi connectivity index (χ2n) is 8.65. The van der Waals surface area contributed by atoms with Crippen molar-refractivity contribution in [1.82, 2.24) is 14.7 Å². The third kappa shape index (κ3) is 3.59. The third-order valence-corrected chi connectivity index (χ3v) is 6.58. The minimum Gasteiger partial charge on any atom is -0.858 e. The molecule has 1 aromatic carbocycles. The van der Waals surface area contributed by atoms with E-state index in [4.69, 9.17) is 0 Å². The Balaban J connectivity index is 1.71. The van der Waals surface area contributed by atoms with Crippen LogP contribution in [0.15, 0.2) is 54.9 Å². The maximum absolute atomic E-state index is 13.8. The molecule has 1 aliphatic heterocycles. The van der Waals surface area contributed by atoms with Crippen molar-refractivity contribution in [2.45, 2.75) is 51.5 Å². The summed E-state index contributed by atoms with van der Waals surface area (Å²) in [6, 6.07) is 10.6. The molecule has 1 aliphatic carbocycles. The molecular formula is C26H25FN4O3. The van der Waals surface area contributed by atoms with Crippen molar-refractivity contribution in [2.75, 3.05) is 0 Å². The molecule has 0 bridgehead atoms. The van der Waals surface area contributed by atoms with Crippen LogP contribution in [0.2, 0.25) is 0 Å². The van der Waals surface area contributed by atoms with Gasteiger partial charge in [0, 0.05) is 23.7 Å². The number of benzene rings is 1. The number of carbonyl (C=O) groups is 2. The Kier molecular flexibility index (Phi) is 5.73. The SMILES string of the molecule is CCc1nn(-c2ccc(F)cc2)c([O-])c1C1=C([n+]2ccccc2)C(=O)N(C2CCCCC2)C1=O. The third-order valence-electron chi connectivity index (χ3n) is 6.58. The molecule has 0 unspecified atom stereocenters. The minimum atomic E-state index is -0.501. The van der Waals surface area contributed by atoms with Crippen molar-refractivity contribution in [3.05, 3.63) is 71.9 Å². The molecule has 0 spiro atoms. The second kappa shape index (κ2) is 8.85. The summed E-state index contributed by atoms with van der Waals surface area (Å²) < 4.78 is 16.2. The van der Waals surface area contributed by atoms with Gasteiger partial charge < -0.3 is 5.11 Å². The maximum Gasteiger partial charge on any atom is 0.327 e. The molecule has 1 fully saturated rings. The summed E-state index contributed by atoms with van der Waals surface area (Å²) in [6.07, 6.45) is 8.31. The number of nitrogens with zero attached hydrogens (tertiary/aromatic N) is 4. The fourth-order valence-electron chi connectivity index (χ4n) is 4.92. The molecule has 8 heteroatoms. The average Bonchev–Trinajstić information content (AvgIpc) is 3.32. The van der Waals surface area contributed by atoms with E-state index < -0.39 is 17.6 Å². The van der Waals surface area contributed by atoms with Gasteiger partial charge in [-0.1, -0.05) is 32.3 Å². The molecule has 0 saturated heterocycles. The molecule has 0 N–H and O–H groups in total. The zero-order valence-electron chi connectivity index (χ0n) is 18.9. The van der Waals surface area contributed by atoms with Gasteiger partial charge in [0.15, 0.2) is 12.4 Å². The molecule has 2 aliphatic rings. The quantitative estimate of drug-likeness (QED) is 0.433. The number of hydrogen-bond acceptors (Lipinski definition) is 4. The summed E-state index contributed by atoms with van der Waals surface area (Å²) in [5.74, 6) is -1.77. The lowest BCUT2D eigenvalue weighted by molar-refractivity contribution is -0.576. The summed E-state index contributed by atoms with van der Waals surface area (Å²) in [5.41, 5.74) is 1.20. The van der Waals surface area contributed by atoms with Gasteiger partial charge in [0.25, 0.3) is 11.6 Å². The van der Waals surface area contributed by atoms with Crippen molar-refractivity contribution in [2.24, 2.45) is 0 Å². The van der Waals surface area contributed by atoms with Crippen LogP contribution in [0.1, 0.15) is 50.3 Å². The lowest BCUT2D eigenvalue weighted by Crippen LogP contribution is -2.45. The Morgan fingerprint density at radius 1 is 1.03 bits per heavy atom. The monoisotopic (exact) mass is 460 g/mol. The van der Waals surface area contributed by atoms with E-state index in [0.717, 1.165) is 32.1 Å². The largest absolute Gasteiger partial charge is 0.858 e. The Labute approximate surface area is 196 Å². The fraction of sp³-hybridized carbons (Fsp3) is 0.308. The minimum absolute atomic E-state index is 0.0852. The number of amides is 2. The van der Waals surface area contributed by atoms with Crippen molar-refractivity contribution in [1.29, 1.82) is 0 Å². The predicted molar refractivity (Wildman–Crippen MR) is 121 cm³/mol. The van der Waals surface area contributed by atoms with Crippen molar-refractivity contribution in [3.63, 3.8) is 0 Å². The Morgan fingerprint density at radius 2 is 1.71 bits per heavy atom. The van der Waals surface area contributed by atoms with E-state index in [0.29, 0.717) is 17.8 Å². The van der Waals surface area contributed by atoms with E-state index in [1.165, 1.54) is 33.8 Å². The van der Waals surface area contributed by atoms with E-state index in [2.05, 4.69) is 5.10 Å². The topological polar surface area (TPSA) is 82.1 Å². The van der Waals surface area contributed by atoms with E-state index >= 15 is 0 Å². The molecule has 3 heterocycles. The number of carbonyl (C=O) groups excluding carboxylic acids is 2. The van der Waals surface area contributed by atoms with Crippen LogP contribution in [0, 0.1) is 5.82 Å². The number of pyridine rings is 1. The molecule has 1 saturated carbocycles. The molecule has 2 aromatic heterocycles. The Hall–Kier alpha value is -3.81. The normalized spacial score (nSPS) is 17.2. The van der Waals surface area contributed by atoms with E-state index in [1.54, 1.807) is 29.1 Å². The zero-order chi connectivity index (χ0) is 23.8. The first-order valence-corrected chi connectivity index (χ1v) is 11.6. The summed E-state index contributed by atoms with van der Waals surface area (Å²) >= 11 is 0. The van der Waals surface area contributed by atoms with E-state index in [1.807, 2.05) is 13.0 Å². The Bertz CT molecular complexity index is 1280. The van der Waals surface area contributed by atoms with Gasteiger partial charge in [-0.05, 0) is 49.4 Å². The molecule has 174 valence electrons. The van der Waals surface area contributed by atoms with Crippen LogP contribution < -0.4 is 9.67 Å². The highest BCUT2D eigenvalue weighted by molar-refractivity contribution is 6.45. The highest BCUT2D eigenvalue weighted by atomic mass is 19.1. The van der Waals surface area contributed by atoms with Gasteiger partial charge in [0.2, 0.25) is 0 Å². The predicted octanol–water partition coefficient (Wildman–Crippen LogP) is 3.00. The highest BCUT2D eigenvalue weighted by Gasteiger charge is 2.49. The summed E-state index contributed by atoms with van der Waals surface area (Å²) in [7, 11) is 0. The standard InChI is InChI=1S/C26H25FN4O3/c1-2-20-21(25(33)31(28-20)19-13-11-17(27)12-14-19)22-23(29-15-7-4-8-16-29)26(34)30(24(22)32)18-9-5-3-6-10-18/h4,7-8,11-16,18H,2-3,5-6,9-10H2,1H3. The number of imide groups is 1. The van der Waals surface area contributed by atoms with E-state index in [-0.39, 0.29) is 28.8 Å². The van der Waals surface area contributed by atoms with Gasteiger partial charge in [-0.15, -0.1) is 0 Å². The van der Waals surface area contributed by atoms with Gasteiger partial charge in [0.1, 0.15) is 11.4 Å². The molecule has 5 rings (SSSR count). The van der Waals surface area contributed by atoms with Gasteiger partial charge in [-0.2, -0.15) is 9.67 Å². The molecular weight excluding hydrogens is 435 g/mol. The van der Waals surface area contributed by atoms with Crippen molar-refractivity contribution in [3.8, 4) is 11.6 Å². The molecule has 7 nitrogen and oxygen atoms in total. The number of rotatable bonds is 5. The van der Waals surface area contributed by atoms with Gasteiger partial charge in [0.05, 0.1) is 11.4 Å². The highest BCUT2D eigenvalue weighted by Crippen LogP contribution is 2.39. The first-order valence-electron chi connectivity index (χ1n) is 11.6. The van der Waals surface area contributed by atoms with Gasteiger partial charge in [-0.3, -0.25) is 14.5 Å².